The van der Waals surface area contributed by atoms with Crippen LogP contribution in [0.4, 0.5) is 21.6 Å². The molecule has 1 saturated heterocycles. The predicted octanol–water partition coefficient (Wildman–Crippen LogP) is 5.13. The van der Waals surface area contributed by atoms with Crippen molar-refractivity contribution in [2.45, 2.75) is 25.3 Å². The van der Waals surface area contributed by atoms with Crippen molar-refractivity contribution in [1.29, 1.82) is 0 Å². The van der Waals surface area contributed by atoms with Crippen molar-refractivity contribution in [3.8, 4) is 11.8 Å². The van der Waals surface area contributed by atoms with Gasteiger partial charge >= 0.3 is 0 Å². The predicted molar refractivity (Wildman–Crippen MR) is 130 cm³/mol. The normalized spacial score (nSPS) is 17.9. The Morgan fingerprint density at radius 1 is 1.33 bits per heavy atom. The molecule has 0 saturated carbocycles. The van der Waals surface area contributed by atoms with Crippen molar-refractivity contribution in [2.75, 3.05) is 24.2 Å². The van der Waals surface area contributed by atoms with E-state index in [2.05, 4.69) is 57.9 Å². The van der Waals surface area contributed by atoms with Gasteiger partial charge in [0.2, 0.25) is 5.91 Å². The first-order valence-corrected chi connectivity index (χ1v) is 10.9. The molecule has 2 aromatic carbocycles. The van der Waals surface area contributed by atoms with Crippen LogP contribution in [0.3, 0.4) is 0 Å². The summed E-state index contributed by atoms with van der Waals surface area (Å²) in [4.78, 5) is 23.0. The summed E-state index contributed by atoms with van der Waals surface area (Å²) >= 11 is 5.90. The number of anilines is 3. The number of benzene rings is 2. The van der Waals surface area contributed by atoms with Gasteiger partial charge in [0.1, 0.15) is 12.1 Å². The monoisotopic (exact) mass is 463 g/mol. The highest BCUT2D eigenvalue weighted by molar-refractivity contribution is 6.31. The van der Waals surface area contributed by atoms with E-state index in [4.69, 9.17) is 11.6 Å². The lowest BCUT2D eigenvalue weighted by Gasteiger charge is -2.26. The van der Waals surface area contributed by atoms with Crippen LogP contribution in [0.15, 0.2) is 49.3 Å². The molecule has 4 rings (SSSR count). The van der Waals surface area contributed by atoms with Gasteiger partial charge in [0, 0.05) is 5.39 Å². The van der Waals surface area contributed by atoms with Crippen LogP contribution < -0.4 is 10.6 Å². The fourth-order valence-corrected chi connectivity index (χ4v) is 3.95. The highest BCUT2D eigenvalue weighted by Gasteiger charge is 2.31. The molecule has 1 aliphatic heterocycles. The van der Waals surface area contributed by atoms with Gasteiger partial charge in [-0.2, -0.15) is 0 Å². The maximum atomic E-state index is 14.4. The maximum absolute atomic E-state index is 14.4. The number of amides is 1. The van der Waals surface area contributed by atoms with Gasteiger partial charge in [0.25, 0.3) is 0 Å². The second kappa shape index (κ2) is 9.18. The number of nitrogens with one attached hydrogen (secondary N) is 2. The Kier molecular flexibility index (Phi) is 6.32. The van der Waals surface area contributed by atoms with Crippen LogP contribution in [-0.2, 0) is 4.79 Å². The third-order valence-electron chi connectivity index (χ3n) is 5.89. The van der Waals surface area contributed by atoms with Crippen molar-refractivity contribution < 1.29 is 9.18 Å². The Morgan fingerprint density at radius 3 is 2.88 bits per heavy atom. The standard InChI is InChI=1S/C25H23ClFN5O/c1-4-22(33)30-20-14-17-21(13-16(20)9-11-25(2)10-6-12-32(25)3)28-15-29-24(17)31-19-8-5-7-18(26)23(19)27/h4-5,7-8,13-15H,1,6,10,12H2,2-3H3,(H,30,33)(H,28,29,31). The first kappa shape index (κ1) is 22.7. The van der Waals surface area contributed by atoms with E-state index in [0.29, 0.717) is 28.0 Å². The molecule has 1 aliphatic rings. The number of nitrogens with zero attached hydrogens (tertiary/aromatic N) is 3. The molecule has 0 radical (unpaired) electrons. The average molecular weight is 464 g/mol. The van der Waals surface area contributed by atoms with Crippen molar-refractivity contribution in [1.82, 2.24) is 14.9 Å². The van der Waals surface area contributed by atoms with Crippen LogP contribution in [0, 0.1) is 17.7 Å². The van der Waals surface area contributed by atoms with Crippen molar-refractivity contribution in [3.05, 3.63) is 65.7 Å². The van der Waals surface area contributed by atoms with Crippen LogP contribution in [0.1, 0.15) is 25.3 Å². The third kappa shape index (κ3) is 4.68. The minimum absolute atomic E-state index is 0.000216. The van der Waals surface area contributed by atoms with Crippen LogP contribution in [0.2, 0.25) is 5.02 Å². The molecule has 3 aromatic rings. The number of carbonyl (C=O) groups excluding carboxylic acids is 1. The molecule has 0 bridgehead atoms. The summed E-state index contributed by atoms with van der Waals surface area (Å²) in [5.41, 5.74) is 1.66. The van der Waals surface area contributed by atoms with E-state index >= 15 is 0 Å². The van der Waals surface area contributed by atoms with Gasteiger partial charge in [-0.1, -0.05) is 36.1 Å². The van der Waals surface area contributed by atoms with Gasteiger partial charge in [0.05, 0.1) is 33.0 Å². The van der Waals surface area contributed by atoms with Crippen molar-refractivity contribution in [3.63, 3.8) is 0 Å². The molecule has 1 fully saturated rings. The van der Waals surface area contributed by atoms with E-state index in [1.54, 1.807) is 24.3 Å². The summed E-state index contributed by atoms with van der Waals surface area (Å²) in [6.07, 6.45) is 4.63. The Hall–Kier alpha value is -3.47. The molecule has 1 aromatic heterocycles. The largest absolute Gasteiger partial charge is 0.337 e. The lowest BCUT2D eigenvalue weighted by molar-refractivity contribution is -0.111. The van der Waals surface area contributed by atoms with E-state index < -0.39 is 5.82 Å². The molecule has 0 spiro atoms. The molecule has 1 unspecified atom stereocenters. The number of carbonyl (C=O) groups is 1. The topological polar surface area (TPSA) is 70.1 Å². The van der Waals surface area contributed by atoms with Crippen LogP contribution >= 0.6 is 11.6 Å². The highest BCUT2D eigenvalue weighted by Crippen LogP contribution is 2.31. The number of hydrogen-bond donors (Lipinski definition) is 2. The molecule has 6 nitrogen and oxygen atoms in total. The molecule has 0 aliphatic carbocycles. The number of aromatic nitrogens is 2. The fourth-order valence-electron chi connectivity index (χ4n) is 3.78. The van der Waals surface area contributed by atoms with Crippen LogP contribution in [0.5, 0.6) is 0 Å². The average Bonchev–Trinajstić information content (AvgIpc) is 3.14. The molecule has 33 heavy (non-hydrogen) atoms. The molecule has 1 amide bonds. The molecule has 2 N–H and O–H groups in total. The Labute approximate surface area is 196 Å². The molecular formula is C25H23ClFN5O. The SMILES string of the molecule is C=CC(=O)Nc1cc2c(Nc3cccc(Cl)c3F)ncnc2cc1C#CC1(C)CCCN1C. The Balaban J connectivity index is 1.81. The zero-order valence-corrected chi connectivity index (χ0v) is 19.1. The summed E-state index contributed by atoms with van der Waals surface area (Å²) in [7, 11) is 2.06. The van der Waals surface area contributed by atoms with Crippen LogP contribution in [-0.4, -0.2) is 39.9 Å². The number of halogens is 2. The minimum atomic E-state index is -0.581. The summed E-state index contributed by atoms with van der Waals surface area (Å²) in [5.74, 6) is 6.02. The van der Waals surface area contributed by atoms with E-state index in [9.17, 15) is 9.18 Å². The highest BCUT2D eigenvalue weighted by atomic mass is 35.5. The summed E-state index contributed by atoms with van der Waals surface area (Å²) in [6, 6.07) is 8.19. The van der Waals surface area contributed by atoms with Gasteiger partial charge in [-0.05, 0) is 63.7 Å². The van der Waals surface area contributed by atoms with E-state index in [1.807, 2.05) is 0 Å². The first-order chi connectivity index (χ1) is 15.8. The molecule has 168 valence electrons. The van der Waals surface area contributed by atoms with Gasteiger partial charge in [0.15, 0.2) is 5.82 Å². The van der Waals surface area contributed by atoms with Gasteiger partial charge in [-0.25, -0.2) is 14.4 Å². The zero-order valence-electron chi connectivity index (χ0n) is 18.4. The number of rotatable bonds is 4. The van der Waals surface area contributed by atoms with Crippen molar-refractivity contribution >= 4 is 45.6 Å². The van der Waals surface area contributed by atoms with E-state index in [1.165, 1.54) is 18.5 Å². The van der Waals surface area contributed by atoms with Gasteiger partial charge < -0.3 is 10.6 Å². The van der Waals surface area contributed by atoms with Gasteiger partial charge in [-0.15, -0.1) is 0 Å². The lowest BCUT2D eigenvalue weighted by Crippen LogP contribution is -2.36. The number of fused-ring (bicyclic) bond motifs is 1. The third-order valence-corrected chi connectivity index (χ3v) is 6.18. The van der Waals surface area contributed by atoms with Gasteiger partial charge in [-0.3, -0.25) is 9.69 Å². The summed E-state index contributed by atoms with van der Waals surface area (Å²) in [5, 5.41) is 6.37. The zero-order chi connectivity index (χ0) is 23.6. The second-order valence-electron chi connectivity index (χ2n) is 8.11. The summed E-state index contributed by atoms with van der Waals surface area (Å²) in [6.45, 7) is 6.63. The van der Waals surface area contributed by atoms with E-state index in [-0.39, 0.29) is 22.2 Å². The molecule has 1 atom stereocenters. The first-order valence-electron chi connectivity index (χ1n) is 10.5. The second-order valence-corrected chi connectivity index (χ2v) is 8.51. The Morgan fingerprint density at radius 2 is 2.15 bits per heavy atom. The quantitative estimate of drug-likeness (QED) is 0.415. The molecule has 2 heterocycles. The van der Waals surface area contributed by atoms with Crippen LogP contribution in [0.25, 0.3) is 10.9 Å². The smallest absolute Gasteiger partial charge is 0.247 e. The fraction of sp³-hybridized carbons (Fsp3) is 0.240. The molecular weight excluding hydrogens is 441 g/mol. The Bertz CT molecular complexity index is 1320. The minimum Gasteiger partial charge on any atom is -0.337 e. The van der Waals surface area contributed by atoms with Crippen molar-refractivity contribution in [2.24, 2.45) is 0 Å². The number of hydrogen-bond acceptors (Lipinski definition) is 5. The van der Waals surface area contributed by atoms with E-state index in [0.717, 1.165) is 19.4 Å². The summed E-state index contributed by atoms with van der Waals surface area (Å²) < 4.78 is 14.4. The molecule has 8 heteroatoms. The number of likely N-dealkylation sites (tertiary alicyclic amines) is 1. The maximum Gasteiger partial charge on any atom is 0.247 e. The lowest BCUT2D eigenvalue weighted by atomic mass is 9.99.